The summed E-state index contributed by atoms with van der Waals surface area (Å²) in [5.74, 6) is 0. The van der Waals surface area contributed by atoms with Crippen molar-refractivity contribution in [1.82, 2.24) is 0 Å². The van der Waals surface area contributed by atoms with E-state index in [4.69, 9.17) is 13.9 Å². The normalized spacial score (nSPS) is 24.5. The van der Waals surface area contributed by atoms with Crippen LogP contribution in [-0.4, -0.2) is 44.6 Å². The summed E-state index contributed by atoms with van der Waals surface area (Å²) in [5.41, 5.74) is 0. The Bertz CT molecular complexity index is 252. The lowest BCUT2D eigenvalue weighted by Gasteiger charge is -2.32. The van der Waals surface area contributed by atoms with E-state index in [0.29, 0.717) is 6.04 Å². The lowest BCUT2D eigenvalue weighted by molar-refractivity contribution is -0.200. The Hall–Kier alpha value is 0.0569. The van der Waals surface area contributed by atoms with Crippen LogP contribution in [0.25, 0.3) is 0 Å². The number of hydrogen-bond acceptors (Lipinski definition) is 4. The highest BCUT2D eigenvalue weighted by Gasteiger charge is 2.31. The van der Waals surface area contributed by atoms with Gasteiger partial charge in [0.25, 0.3) is 0 Å². The van der Waals surface area contributed by atoms with Crippen LogP contribution in [0.15, 0.2) is 0 Å². The van der Waals surface area contributed by atoms with Crippen LogP contribution in [0.3, 0.4) is 0 Å². The molecule has 0 aromatic carbocycles. The van der Waals surface area contributed by atoms with Gasteiger partial charge in [-0.3, -0.25) is 0 Å². The lowest BCUT2D eigenvalue weighted by Crippen LogP contribution is -2.42. The van der Waals surface area contributed by atoms with Crippen LogP contribution in [0.1, 0.15) is 40.0 Å². The van der Waals surface area contributed by atoms with Gasteiger partial charge in [0.05, 0.1) is 12.2 Å². The van der Waals surface area contributed by atoms with E-state index in [1.165, 1.54) is 0 Å². The van der Waals surface area contributed by atoms with Gasteiger partial charge in [-0.15, -0.1) is 0 Å². The van der Waals surface area contributed by atoms with E-state index in [9.17, 15) is 5.11 Å². The summed E-state index contributed by atoms with van der Waals surface area (Å²) in [7, 11) is -1.83. The van der Waals surface area contributed by atoms with Crippen LogP contribution >= 0.6 is 0 Å². The molecule has 1 N–H and O–H groups in total. The summed E-state index contributed by atoms with van der Waals surface area (Å²) in [6.07, 6.45) is 2.57. The zero-order valence-electron chi connectivity index (χ0n) is 13.0. The highest BCUT2D eigenvalue weighted by molar-refractivity contribution is 6.71. The molecule has 114 valence electrons. The average molecular weight is 290 g/mol. The van der Waals surface area contributed by atoms with Gasteiger partial charge < -0.3 is 19.0 Å². The third kappa shape index (κ3) is 6.86. The molecule has 5 heteroatoms. The first-order valence-corrected chi connectivity index (χ1v) is 10.5. The summed E-state index contributed by atoms with van der Waals surface area (Å²) >= 11 is 0. The van der Waals surface area contributed by atoms with Crippen molar-refractivity contribution in [2.45, 2.75) is 83.8 Å². The van der Waals surface area contributed by atoms with E-state index >= 15 is 0 Å². The second kappa shape index (κ2) is 7.74. The fourth-order valence-electron chi connectivity index (χ4n) is 2.50. The zero-order valence-corrected chi connectivity index (χ0v) is 14.0. The summed E-state index contributed by atoms with van der Waals surface area (Å²) in [6, 6.07) is 0.694. The third-order valence-electron chi connectivity index (χ3n) is 3.30. The van der Waals surface area contributed by atoms with E-state index in [0.717, 1.165) is 25.9 Å². The molecule has 0 amide bonds. The second-order valence-electron chi connectivity index (χ2n) is 6.34. The summed E-state index contributed by atoms with van der Waals surface area (Å²) in [4.78, 5) is 0. The van der Waals surface area contributed by atoms with Gasteiger partial charge in [-0.25, -0.2) is 0 Å². The predicted octanol–water partition coefficient (Wildman–Crippen LogP) is 2.91. The predicted molar refractivity (Wildman–Crippen MR) is 78.7 cm³/mol. The lowest BCUT2D eigenvalue weighted by atomic mass is 10.2. The van der Waals surface area contributed by atoms with Crippen molar-refractivity contribution in [3.05, 3.63) is 0 Å². The Morgan fingerprint density at radius 3 is 2.47 bits per heavy atom. The first-order chi connectivity index (χ1) is 8.80. The molecule has 1 heterocycles. The van der Waals surface area contributed by atoms with Gasteiger partial charge in [0.1, 0.15) is 0 Å². The van der Waals surface area contributed by atoms with Crippen LogP contribution in [-0.2, 0) is 13.9 Å². The molecular weight excluding hydrogens is 260 g/mol. The Labute approximate surface area is 118 Å². The number of rotatable bonds is 7. The maximum Gasteiger partial charge on any atom is 0.189 e. The standard InChI is InChI=1S/C14H30O4Si/c1-11(2)18-19(4,5)10-13(15)12(3)17-14-8-6-7-9-16-14/h11-15H,6-10H2,1-5H3. The monoisotopic (exact) mass is 290 g/mol. The molecule has 0 saturated carbocycles. The zero-order chi connectivity index (χ0) is 14.5. The quantitative estimate of drug-likeness (QED) is 0.732. The number of ether oxygens (including phenoxy) is 2. The molecule has 0 aromatic rings. The first kappa shape index (κ1) is 17.1. The van der Waals surface area contributed by atoms with Gasteiger partial charge in [0.15, 0.2) is 14.6 Å². The number of aliphatic hydroxyl groups is 1. The van der Waals surface area contributed by atoms with Gasteiger partial charge in [-0.05, 0) is 59.2 Å². The minimum atomic E-state index is -1.83. The molecule has 1 aliphatic rings. The molecule has 19 heavy (non-hydrogen) atoms. The molecule has 3 atom stereocenters. The molecule has 0 aliphatic carbocycles. The molecule has 1 rings (SSSR count). The second-order valence-corrected chi connectivity index (χ2v) is 10.5. The third-order valence-corrected chi connectivity index (χ3v) is 5.81. The van der Waals surface area contributed by atoms with E-state index in [1.54, 1.807) is 0 Å². The molecule has 0 bridgehead atoms. The average Bonchev–Trinajstić information content (AvgIpc) is 2.27. The highest BCUT2D eigenvalue weighted by atomic mass is 28.4. The Morgan fingerprint density at radius 1 is 1.26 bits per heavy atom. The van der Waals surface area contributed by atoms with E-state index in [-0.39, 0.29) is 18.5 Å². The van der Waals surface area contributed by atoms with Crippen LogP contribution in [0.4, 0.5) is 0 Å². The van der Waals surface area contributed by atoms with Gasteiger partial charge >= 0.3 is 0 Å². The van der Waals surface area contributed by atoms with Gasteiger partial charge in [-0.1, -0.05) is 0 Å². The molecular formula is C14H30O4Si. The maximum absolute atomic E-state index is 10.3. The van der Waals surface area contributed by atoms with Crippen molar-refractivity contribution in [2.24, 2.45) is 0 Å². The molecule has 1 saturated heterocycles. The molecule has 1 fully saturated rings. The highest BCUT2D eigenvalue weighted by Crippen LogP contribution is 2.22. The van der Waals surface area contributed by atoms with Gasteiger partial charge in [0.2, 0.25) is 0 Å². The van der Waals surface area contributed by atoms with E-state index < -0.39 is 14.4 Å². The smallest absolute Gasteiger partial charge is 0.189 e. The largest absolute Gasteiger partial charge is 0.415 e. The van der Waals surface area contributed by atoms with Crippen molar-refractivity contribution >= 4 is 8.32 Å². The summed E-state index contributed by atoms with van der Waals surface area (Å²) in [5, 5.41) is 10.3. The van der Waals surface area contributed by atoms with Crippen molar-refractivity contribution in [1.29, 1.82) is 0 Å². The van der Waals surface area contributed by atoms with Gasteiger partial charge in [0, 0.05) is 12.7 Å². The Morgan fingerprint density at radius 2 is 1.95 bits per heavy atom. The minimum absolute atomic E-state index is 0.144. The van der Waals surface area contributed by atoms with Crippen LogP contribution in [0.2, 0.25) is 19.1 Å². The summed E-state index contributed by atoms with van der Waals surface area (Å²) in [6.45, 7) is 11.0. The molecule has 1 aliphatic heterocycles. The van der Waals surface area contributed by atoms with E-state index in [2.05, 4.69) is 13.1 Å². The van der Waals surface area contributed by atoms with Crippen molar-refractivity contribution in [2.75, 3.05) is 6.61 Å². The number of hydrogen-bond donors (Lipinski definition) is 1. The van der Waals surface area contributed by atoms with Crippen molar-refractivity contribution in [3.8, 4) is 0 Å². The van der Waals surface area contributed by atoms with Crippen LogP contribution in [0, 0.1) is 0 Å². The minimum Gasteiger partial charge on any atom is -0.415 e. The van der Waals surface area contributed by atoms with E-state index in [1.807, 2.05) is 20.8 Å². The Balaban J connectivity index is 2.36. The van der Waals surface area contributed by atoms with Gasteiger partial charge in [-0.2, -0.15) is 0 Å². The maximum atomic E-state index is 10.3. The molecule has 4 nitrogen and oxygen atoms in total. The summed E-state index contributed by atoms with van der Waals surface area (Å²) < 4.78 is 17.3. The number of aliphatic hydroxyl groups excluding tert-OH is 1. The van der Waals surface area contributed by atoms with Crippen LogP contribution in [0.5, 0.6) is 0 Å². The first-order valence-electron chi connectivity index (χ1n) is 7.43. The fourth-order valence-corrected chi connectivity index (χ4v) is 5.22. The van der Waals surface area contributed by atoms with Crippen LogP contribution < -0.4 is 0 Å². The van der Waals surface area contributed by atoms with Crippen molar-refractivity contribution < 1.29 is 19.0 Å². The topological polar surface area (TPSA) is 47.9 Å². The molecule has 0 radical (unpaired) electrons. The molecule has 0 spiro atoms. The SMILES string of the molecule is CC(C)O[Si](C)(C)CC(O)C(C)OC1CCCCO1. The fraction of sp³-hybridized carbons (Fsp3) is 1.00. The Kier molecular flexibility index (Phi) is 6.97. The molecule has 3 unspecified atom stereocenters. The van der Waals surface area contributed by atoms with Crippen molar-refractivity contribution in [3.63, 3.8) is 0 Å². The molecule has 0 aromatic heterocycles.